The number of benzene rings is 3. The first kappa shape index (κ1) is 36.0. The van der Waals surface area contributed by atoms with Crippen LogP contribution in [0.2, 0.25) is 0 Å². The summed E-state index contributed by atoms with van der Waals surface area (Å²) in [6.45, 7) is 3.97. The van der Waals surface area contributed by atoms with Crippen molar-refractivity contribution in [3.8, 4) is 22.9 Å². The van der Waals surface area contributed by atoms with Crippen LogP contribution in [0.25, 0.3) is 5.69 Å². The number of rotatable bonds is 12. The third-order valence-corrected chi connectivity index (χ3v) is 10.4. The van der Waals surface area contributed by atoms with Crippen LogP contribution in [0.3, 0.4) is 0 Å². The number of likely N-dealkylation sites (tertiary alicyclic amines) is 2. The number of amides is 2. The van der Waals surface area contributed by atoms with Crippen LogP contribution in [-0.2, 0) is 13.2 Å². The summed E-state index contributed by atoms with van der Waals surface area (Å²) in [7, 11) is 9.56. The van der Waals surface area contributed by atoms with Gasteiger partial charge >= 0.3 is 0 Å². The molecule has 3 aromatic carbocycles. The van der Waals surface area contributed by atoms with Crippen molar-refractivity contribution in [2.45, 2.75) is 51.0 Å². The van der Waals surface area contributed by atoms with Crippen LogP contribution >= 0.6 is 0 Å². The van der Waals surface area contributed by atoms with Crippen LogP contribution in [0.4, 0.5) is 0 Å². The van der Waals surface area contributed by atoms with Crippen LogP contribution in [0.5, 0.6) is 17.2 Å². The van der Waals surface area contributed by atoms with Gasteiger partial charge in [-0.1, -0.05) is 60.7 Å². The first-order valence-electron chi connectivity index (χ1n) is 17.9. The topological polar surface area (TPSA) is 79.7 Å². The molecule has 0 N–H and O–H groups in total. The molecule has 0 radical (unpaired) electrons. The van der Waals surface area contributed by atoms with E-state index in [2.05, 4.69) is 23.9 Å². The summed E-state index contributed by atoms with van der Waals surface area (Å²) in [5, 5.41) is 0. The van der Waals surface area contributed by atoms with Gasteiger partial charge in [0, 0.05) is 31.9 Å². The number of hydrogen-bond acceptors (Lipinski definition) is 7. The Balaban J connectivity index is 1.55. The molecule has 2 saturated heterocycles. The minimum Gasteiger partial charge on any atom is -0.497 e. The van der Waals surface area contributed by atoms with E-state index in [1.165, 1.54) is 0 Å². The number of piperidine rings is 2. The van der Waals surface area contributed by atoms with E-state index >= 15 is 9.59 Å². The molecule has 0 saturated carbocycles. The lowest BCUT2D eigenvalue weighted by atomic mass is 10.0. The fourth-order valence-corrected chi connectivity index (χ4v) is 7.06. The SMILES string of the molecule is COc1ccc(-n2c(C(=O)N(C)C3CCN(C)CC3)c(OCc3ccccc3)c(OCc3ccccc3)c2C(=O)N(C)C2CCN(C)CC2)cc1. The molecule has 0 unspecified atom stereocenters. The highest BCUT2D eigenvalue weighted by Gasteiger charge is 2.39. The van der Waals surface area contributed by atoms with E-state index in [9.17, 15) is 0 Å². The van der Waals surface area contributed by atoms with Gasteiger partial charge in [0.25, 0.3) is 11.8 Å². The van der Waals surface area contributed by atoms with Crippen LogP contribution in [0.1, 0.15) is 57.8 Å². The van der Waals surface area contributed by atoms with Gasteiger partial charge < -0.3 is 33.8 Å². The van der Waals surface area contributed by atoms with Crippen LogP contribution in [-0.4, -0.2) is 110 Å². The van der Waals surface area contributed by atoms with E-state index in [0.717, 1.165) is 63.0 Å². The molecular weight excluding hydrogens is 642 g/mol. The molecule has 10 heteroatoms. The smallest absolute Gasteiger partial charge is 0.274 e. The molecule has 10 nitrogen and oxygen atoms in total. The molecule has 2 fully saturated rings. The van der Waals surface area contributed by atoms with Crippen LogP contribution in [0.15, 0.2) is 84.9 Å². The largest absolute Gasteiger partial charge is 0.497 e. The Labute approximate surface area is 302 Å². The van der Waals surface area contributed by atoms with Gasteiger partial charge in [-0.3, -0.25) is 14.2 Å². The number of aromatic nitrogens is 1. The van der Waals surface area contributed by atoms with Crippen molar-refractivity contribution in [1.82, 2.24) is 24.2 Å². The highest BCUT2D eigenvalue weighted by atomic mass is 16.5. The van der Waals surface area contributed by atoms with E-state index in [0.29, 0.717) is 11.4 Å². The second kappa shape index (κ2) is 16.5. The highest BCUT2D eigenvalue weighted by molar-refractivity contribution is 6.04. The summed E-state index contributed by atoms with van der Waals surface area (Å²) < 4.78 is 20.6. The molecule has 1 aromatic heterocycles. The van der Waals surface area contributed by atoms with E-state index in [1.54, 1.807) is 11.7 Å². The molecule has 0 atom stereocenters. The van der Waals surface area contributed by atoms with Gasteiger partial charge in [-0.25, -0.2) is 0 Å². The van der Waals surface area contributed by atoms with Crippen molar-refractivity contribution < 1.29 is 23.8 Å². The number of hydrogen-bond donors (Lipinski definition) is 0. The quantitative estimate of drug-likeness (QED) is 0.181. The summed E-state index contributed by atoms with van der Waals surface area (Å²) in [6.07, 6.45) is 3.41. The van der Waals surface area contributed by atoms with Crippen molar-refractivity contribution in [2.24, 2.45) is 0 Å². The molecule has 6 rings (SSSR count). The Bertz CT molecular complexity index is 1640. The molecule has 270 valence electrons. The van der Waals surface area contributed by atoms with Crippen LogP contribution in [0, 0.1) is 0 Å². The molecule has 3 heterocycles. The molecule has 2 amide bonds. The first-order valence-corrected chi connectivity index (χ1v) is 17.9. The lowest BCUT2D eigenvalue weighted by Gasteiger charge is -2.35. The second-order valence-corrected chi connectivity index (χ2v) is 13.8. The van der Waals surface area contributed by atoms with Gasteiger partial charge in [-0.05, 0) is 101 Å². The number of methoxy groups -OCH3 is 1. The van der Waals surface area contributed by atoms with Gasteiger partial charge in [0.05, 0.1) is 7.11 Å². The zero-order valence-corrected chi connectivity index (χ0v) is 30.6. The maximum absolute atomic E-state index is 15.0. The summed E-state index contributed by atoms with van der Waals surface area (Å²) in [5.41, 5.74) is 3.03. The van der Waals surface area contributed by atoms with Gasteiger partial charge in [-0.2, -0.15) is 0 Å². The highest BCUT2D eigenvalue weighted by Crippen LogP contribution is 2.43. The van der Waals surface area contributed by atoms with Crippen LogP contribution < -0.4 is 14.2 Å². The van der Waals surface area contributed by atoms with Gasteiger partial charge in [0.1, 0.15) is 19.0 Å². The maximum atomic E-state index is 15.0. The third-order valence-electron chi connectivity index (χ3n) is 10.4. The third kappa shape index (κ3) is 8.24. The monoisotopic (exact) mass is 693 g/mol. The normalized spacial score (nSPS) is 16.1. The molecule has 2 aliphatic rings. The Hall–Kier alpha value is -4.80. The average molecular weight is 694 g/mol. The van der Waals surface area contributed by atoms with Gasteiger partial charge in [0.15, 0.2) is 22.9 Å². The lowest BCUT2D eigenvalue weighted by Crippen LogP contribution is -2.45. The number of carbonyl (C=O) groups is 2. The fourth-order valence-electron chi connectivity index (χ4n) is 7.06. The first-order chi connectivity index (χ1) is 24.7. The zero-order chi connectivity index (χ0) is 35.9. The maximum Gasteiger partial charge on any atom is 0.274 e. The average Bonchev–Trinajstić information content (AvgIpc) is 3.50. The second-order valence-electron chi connectivity index (χ2n) is 13.8. The molecule has 0 bridgehead atoms. The molecular formula is C41H51N5O5. The minimum absolute atomic E-state index is 0.0321. The predicted octanol–water partition coefficient (Wildman–Crippen LogP) is 5.98. The lowest BCUT2D eigenvalue weighted by molar-refractivity contribution is 0.0641. The molecule has 51 heavy (non-hydrogen) atoms. The standard InChI is InChI=1S/C41H51N5O5/c1-42-24-20-32(21-25-42)44(3)40(47)36-38(50-28-30-12-8-6-9-13-30)39(51-29-31-14-10-7-11-15-31)37(46(36)34-16-18-35(49-5)19-17-34)41(48)45(4)33-22-26-43(2)27-23-33/h6-19,32-33H,20-29H2,1-5H3. The van der Waals surface area contributed by atoms with E-state index in [1.807, 2.05) is 109 Å². The summed E-state index contributed by atoms with van der Waals surface area (Å²) >= 11 is 0. The summed E-state index contributed by atoms with van der Waals surface area (Å²) in [4.78, 5) is 38.3. The molecule has 0 spiro atoms. The zero-order valence-electron chi connectivity index (χ0n) is 30.6. The van der Waals surface area contributed by atoms with Crippen molar-refractivity contribution >= 4 is 11.8 Å². The number of nitrogens with zero attached hydrogens (tertiary/aromatic N) is 5. The van der Waals surface area contributed by atoms with Crippen molar-refractivity contribution in [3.63, 3.8) is 0 Å². The van der Waals surface area contributed by atoms with Gasteiger partial charge in [-0.15, -0.1) is 0 Å². The summed E-state index contributed by atoms with van der Waals surface area (Å²) in [5.74, 6) is 0.730. The van der Waals surface area contributed by atoms with E-state index in [-0.39, 0.29) is 60.0 Å². The Morgan fingerprint density at radius 2 is 1.02 bits per heavy atom. The van der Waals surface area contributed by atoms with Gasteiger partial charge in [0.2, 0.25) is 0 Å². The molecule has 0 aliphatic carbocycles. The minimum atomic E-state index is -0.228. The molecule has 4 aromatic rings. The Morgan fingerprint density at radius 1 is 0.627 bits per heavy atom. The predicted molar refractivity (Wildman–Crippen MR) is 199 cm³/mol. The Kier molecular flexibility index (Phi) is 11.6. The number of carbonyl (C=O) groups excluding carboxylic acids is 2. The van der Waals surface area contributed by atoms with E-state index < -0.39 is 0 Å². The van der Waals surface area contributed by atoms with Crippen molar-refractivity contribution in [2.75, 3.05) is 61.5 Å². The molecule has 2 aliphatic heterocycles. The summed E-state index contributed by atoms with van der Waals surface area (Å²) in [6, 6.07) is 27.2. The van der Waals surface area contributed by atoms with E-state index in [4.69, 9.17) is 14.2 Å². The van der Waals surface area contributed by atoms with Crippen molar-refractivity contribution in [1.29, 1.82) is 0 Å². The Morgan fingerprint density at radius 3 is 1.39 bits per heavy atom. The van der Waals surface area contributed by atoms with Crippen molar-refractivity contribution in [3.05, 3.63) is 107 Å². The fraction of sp³-hybridized carbons (Fsp3) is 0.415. The number of ether oxygens (including phenoxy) is 3.